The molecule has 3 N–H and O–H groups in total. The highest BCUT2D eigenvalue weighted by Crippen LogP contribution is 2.30. The highest BCUT2D eigenvalue weighted by molar-refractivity contribution is 5.65. The van der Waals surface area contributed by atoms with Crippen molar-refractivity contribution in [3.05, 3.63) is 33.9 Å². The summed E-state index contributed by atoms with van der Waals surface area (Å²) >= 11 is 0. The van der Waals surface area contributed by atoms with Crippen LogP contribution in [0.4, 0.5) is 11.4 Å². The quantitative estimate of drug-likeness (QED) is 0.500. The van der Waals surface area contributed by atoms with Crippen molar-refractivity contribution in [3.63, 3.8) is 0 Å². The lowest BCUT2D eigenvalue weighted by Gasteiger charge is -2.41. The molecule has 0 spiro atoms. The SMILES string of the molecule is CC1CN(Cc2cccc([N+](=O)[O-])c2NN)CC(C)(C)O1. The molecule has 1 aliphatic heterocycles. The number of para-hydroxylation sites is 1. The molecular weight excluding hydrogens is 272 g/mol. The number of nitrogens with zero attached hydrogens (tertiary/aromatic N) is 2. The molecule has 1 saturated heterocycles. The number of nitro benzene ring substituents is 1. The van der Waals surface area contributed by atoms with Crippen LogP contribution in [0.3, 0.4) is 0 Å². The fourth-order valence-electron chi connectivity index (χ4n) is 2.98. The van der Waals surface area contributed by atoms with Crippen molar-refractivity contribution in [1.82, 2.24) is 4.90 Å². The molecule has 0 aromatic heterocycles. The van der Waals surface area contributed by atoms with E-state index >= 15 is 0 Å². The Bertz CT molecular complexity index is 533. The Hall–Kier alpha value is -1.70. The van der Waals surface area contributed by atoms with Crippen molar-refractivity contribution in [1.29, 1.82) is 0 Å². The molecule has 1 atom stereocenters. The lowest BCUT2D eigenvalue weighted by Crippen LogP contribution is -2.51. The van der Waals surface area contributed by atoms with E-state index in [2.05, 4.69) is 10.3 Å². The minimum Gasteiger partial charge on any atom is -0.370 e. The number of rotatable bonds is 4. The van der Waals surface area contributed by atoms with Crippen molar-refractivity contribution in [2.45, 2.75) is 39.0 Å². The van der Waals surface area contributed by atoms with Crippen molar-refractivity contribution in [2.24, 2.45) is 5.84 Å². The molecule has 1 heterocycles. The Morgan fingerprint density at radius 2 is 2.29 bits per heavy atom. The molecule has 1 fully saturated rings. The fourth-order valence-corrected chi connectivity index (χ4v) is 2.98. The van der Waals surface area contributed by atoms with Gasteiger partial charge in [0.25, 0.3) is 5.69 Å². The number of morpholine rings is 1. The maximum Gasteiger partial charge on any atom is 0.293 e. The Kier molecular flexibility index (Phi) is 4.46. The lowest BCUT2D eigenvalue weighted by atomic mass is 10.0. The van der Waals surface area contributed by atoms with Crippen molar-refractivity contribution in [2.75, 3.05) is 18.5 Å². The Balaban J connectivity index is 2.23. The summed E-state index contributed by atoms with van der Waals surface area (Å²) in [7, 11) is 0. The summed E-state index contributed by atoms with van der Waals surface area (Å²) in [4.78, 5) is 12.9. The average molecular weight is 294 g/mol. The summed E-state index contributed by atoms with van der Waals surface area (Å²) in [5, 5.41) is 11.1. The van der Waals surface area contributed by atoms with Crippen LogP contribution in [0.15, 0.2) is 18.2 Å². The number of nitrogens with one attached hydrogen (secondary N) is 1. The zero-order chi connectivity index (χ0) is 15.6. The van der Waals surface area contributed by atoms with Crippen molar-refractivity contribution in [3.8, 4) is 0 Å². The summed E-state index contributed by atoms with van der Waals surface area (Å²) in [5.74, 6) is 5.48. The molecule has 116 valence electrons. The predicted octanol–water partition coefficient (Wildman–Crippen LogP) is 1.88. The van der Waals surface area contributed by atoms with Crippen LogP contribution in [0, 0.1) is 10.1 Å². The minimum absolute atomic E-state index is 0.00410. The molecular formula is C14H22N4O3. The minimum atomic E-state index is -0.426. The van der Waals surface area contributed by atoms with Crippen LogP contribution < -0.4 is 11.3 Å². The second-order valence-corrected chi connectivity index (χ2v) is 6.07. The van der Waals surface area contributed by atoms with Gasteiger partial charge in [-0.15, -0.1) is 0 Å². The smallest absolute Gasteiger partial charge is 0.293 e. The molecule has 0 radical (unpaired) electrons. The molecule has 7 nitrogen and oxygen atoms in total. The molecule has 2 rings (SSSR count). The second-order valence-electron chi connectivity index (χ2n) is 6.07. The summed E-state index contributed by atoms with van der Waals surface area (Å²) in [6.07, 6.45) is 0.127. The first-order chi connectivity index (χ1) is 9.82. The molecule has 1 aliphatic rings. The molecule has 0 saturated carbocycles. The van der Waals surface area contributed by atoms with Gasteiger partial charge in [-0.3, -0.25) is 20.9 Å². The third-order valence-corrected chi connectivity index (χ3v) is 3.50. The van der Waals surface area contributed by atoms with Gasteiger partial charge in [0, 0.05) is 25.7 Å². The Morgan fingerprint density at radius 3 is 2.86 bits per heavy atom. The maximum atomic E-state index is 11.1. The van der Waals surface area contributed by atoms with E-state index in [1.165, 1.54) is 6.07 Å². The van der Waals surface area contributed by atoms with E-state index < -0.39 is 4.92 Å². The van der Waals surface area contributed by atoms with Crippen LogP contribution in [-0.4, -0.2) is 34.6 Å². The van der Waals surface area contributed by atoms with Crippen LogP contribution in [0.1, 0.15) is 26.3 Å². The molecule has 1 aromatic carbocycles. The standard InChI is InChI=1S/C14H22N4O3/c1-10-7-17(9-14(2,3)21-10)8-11-5-4-6-12(18(19)20)13(11)16-15/h4-6,10,16H,7-9,15H2,1-3H3. The summed E-state index contributed by atoms with van der Waals surface area (Å²) in [6.45, 7) is 8.28. The third kappa shape index (κ3) is 3.69. The molecule has 1 unspecified atom stereocenters. The van der Waals surface area contributed by atoms with Crippen LogP contribution in [-0.2, 0) is 11.3 Å². The molecule has 21 heavy (non-hydrogen) atoms. The largest absolute Gasteiger partial charge is 0.370 e. The number of benzene rings is 1. The first-order valence-corrected chi connectivity index (χ1v) is 6.95. The van der Waals surface area contributed by atoms with Gasteiger partial charge >= 0.3 is 0 Å². The first kappa shape index (κ1) is 15.7. The Morgan fingerprint density at radius 1 is 1.57 bits per heavy atom. The van der Waals surface area contributed by atoms with Crippen LogP contribution >= 0.6 is 0 Å². The number of nitro groups is 1. The highest BCUT2D eigenvalue weighted by Gasteiger charge is 2.31. The number of ether oxygens (including phenoxy) is 1. The van der Waals surface area contributed by atoms with Crippen LogP contribution in [0.5, 0.6) is 0 Å². The average Bonchev–Trinajstić information content (AvgIpc) is 2.35. The predicted molar refractivity (Wildman–Crippen MR) is 80.8 cm³/mol. The maximum absolute atomic E-state index is 11.1. The number of hydrogen-bond donors (Lipinski definition) is 2. The number of nitrogen functional groups attached to an aromatic ring is 1. The summed E-state index contributed by atoms with van der Waals surface area (Å²) in [5.41, 5.74) is 3.43. The van der Waals surface area contributed by atoms with Crippen LogP contribution in [0.25, 0.3) is 0 Å². The monoisotopic (exact) mass is 294 g/mol. The second kappa shape index (κ2) is 5.97. The van der Waals surface area contributed by atoms with Gasteiger partial charge in [0.15, 0.2) is 0 Å². The van der Waals surface area contributed by atoms with Gasteiger partial charge in [-0.05, 0) is 26.3 Å². The molecule has 7 heteroatoms. The summed E-state index contributed by atoms with van der Waals surface area (Å²) in [6, 6.07) is 4.99. The van der Waals surface area contributed by atoms with E-state index in [-0.39, 0.29) is 17.4 Å². The first-order valence-electron chi connectivity index (χ1n) is 6.95. The van der Waals surface area contributed by atoms with Crippen molar-refractivity contribution < 1.29 is 9.66 Å². The van der Waals surface area contributed by atoms with E-state index in [0.29, 0.717) is 12.2 Å². The summed E-state index contributed by atoms with van der Waals surface area (Å²) < 4.78 is 5.87. The van der Waals surface area contributed by atoms with Gasteiger partial charge in [0.2, 0.25) is 0 Å². The molecule has 1 aromatic rings. The van der Waals surface area contributed by atoms with Gasteiger partial charge in [0.1, 0.15) is 5.69 Å². The van der Waals surface area contributed by atoms with Gasteiger partial charge in [0.05, 0.1) is 16.6 Å². The van der Waals surface area contributed by atoms with Crippen LogP contribution in [0.2, 0.25) is 0 Å². The molecule has 0 bridgehead atoms. The zero-order valence-corrected chi connectivity index (χ0v) is 12.6. The highest BCUT2D eigenvalue weighted by atomic mass is 16.6. The van der Waals surface area contributed by atoms with E-state index in [0.717, 1.165) is 18.7 Å². The third-order valence-electron chi connectivity index (χ3n) is 3.50. The number of nitrogens with two attached hydrogens (primary N) is 1. The molecule has 0 aliphatic carbocycles. The number of anilines is 1. The number of hydrazine groups is 1. The topological polar surface area (TPSA) is 93.7 Å². The fraction of sp³-hybridized carbons (Fsp3) is 0.571. The molecule has 0 amide bonds. The van der Waals surface area contributed by atoms with Gasteiger partial charge < -0.3 is 10.2 Å². The van der Waals surface area contributed by atoms with E-state index in [1.54, 1.807) is 6.07 Å². The van der Waals surface area contributed by atoms with E-state index in [4.69, 9.17) is 10.6 Å². The van der Waals surface area contributed by atoms with Gasteiger partial charge in [-0.25, -0.2) is 0 Å². The van der Waals surface area contributed by atoms with Gasteiger partial charge in [-0.1, -0.05) is 12.1 Å². The normalized spacial score (nSPS) is 22.0. The van der Waals surface area contributed by atoms with E-state index in [9.17, 15) is 10.1 Å². The zero-order valence-electron chi connectivity index (χ0n) is 12.6. The van der Waals surface area contributed by atoms with E-state index in [1.807, 2.05) is 26.8 Å². The van der Waals surface area contributed by atoms with Crippen molar-refractivity contribution >= 4 is 11.4 Å². The number of hydrogen-bond acceptors (Lipinski definition) is 6. The van der Waals surface area contributed by atoms with Gasteiger partial charge in [-0.2, -0.15) is 0 Å². The lowest BCUT2D eigenvalue weighted by molar-refractivity contribution is -0.384. The Labute approximate surface area is 124 Å².